The SMILES string of the molecule is C[C@@]1(CCc2ccccc2)NC(=O)N(NC(=O)CN2CCCc3ccccc32)C1=O. The Morgan fingerprint density at radius 1 is 1.10 bits per heavy atom. The van der Waals surface area contributed by atoms with Gasteiger partial charge in [-0.25, -0.2) is 4.79 Å². The smallest absolute Gasteiger partial charge is 0.344 e. The molecule has 1 atom stereocenters. The minimum absolute atomic E-state index is 0.0921. The zero-order valence-electron chi connectivity index (χ0n) is 17.1. The molecule has 2 aliphatic heterocycles. The molecule has 2 N–H and O–H groups in total. The number of imide groups is 1. The zero-order chi connectivity index (χ0) is 21.1. The van der Waals surface area contributed by atoms with Crippen molar-refractivity contribution in [2.24, 2.45) is 0 Å². The van der Waals surface area contributed by atoms with E-state index in [1.54, 1.807) is 6.92 Å². The molecule has 0 unspecified atom stereocenters. The predicted molar refractivity (Wildman–Crippen MR) is 114 cm³/mol. The van der Waals surface area contributed by atoms with Crippen LogP contribution in [0.4, 0.5) is 10.5 Å². The van der Waals surface area contributed by atoms with Gasteiger partial charge in [-0.15, -0.1) is 0 Å². The highest BCUT2D eigenvalue weighted by Gasteiger charge is 2.48. The van der Waals surface area contributed by atoms with Crippen molar-refractivity contribution in [3.63, 3.8) is 0 Å². The molecule has 0 aromatic heterocycles. The normalized spacial score (nSPS) is 20.7. The van der Waals surface area contributed by atoms with Crippen LogP contribution in [0.5, 0.6) is 0 Å². The third kappa shape index (κ3) is 4.01. The van der Waals surface area contributed by atoms with Crippen LogP contribution in [0.25, 0.3) is 0 Å². The number of aryl methyl sites for hydroxylation is 2. The van der Waals surface area contributed by atoms with Gasteiger partial charge in [0.1, 0.15) is 5.54 Å². The van der Waals surface area contributed by atoms with Gasteiger partial charge >= 0.3 is 6.03 Å². The summed E-state index contributed by atoms with van der Waals surface area (Å²) in [5.41, 5.74) is 4.79. The summed E-state index contributed by atoms with van der Waals surface area (Å²) in [4.78, 5) is 39.9. The Morgan fingerprint density at radius 2 is 1.83 bits per heavy atom. The standard InChI is InChI=1S/C23H26N4O3/c1-23(14-13-17-8-3-2-4-9-17)21(29)27(22(30)24-23)25-20(28)16-26-15-7-11-18-10-5-6-12-19(18)26/h2-6,8-10,12H,7,11,13-16H2,1H3,(H,24,30)(H,25,28)/t23-/m0/s1. The van der Waals surface area contributed by atoms with Crippen LogP contribution in [0, 0.1) is 0 Å². The summed E-state index contributed by atoms with van der Waals surface area (Å²) < 4.78 is 0. The van der Waals surface area contributed by atoms with Crippen molar-refractivity contribution >= 4 is 23.5 Å². The molecule has 0 bridgehead atoms. The molecular formula is C23H26N4O3. The first-order valence-electron chi connectivity index (χ1n) is 10.3. The predicted octanol–water partition coefficient (Wildman–Crippen LogP) is 2.41. The number of nitrogens with one attached hydrogen (secondary N) is 2. The topological polar surface area (TPSA) is 81.8 Å². The second-order valence-corrected chi connectivity index (χ2v) is 8.08. The molecule has 0 radical (unpaired) electrons. The Morgan fingerprint density at radius 3 is 2.63 bits per heavy atom. The molecular weight excluding hydrogens is 380 g/mol. The van der Waals surface area contributed by atoms with Crippen molar-refractivity contribution in [1.29, 1.82) is 0 Å². The summed E-state index contributed by atoms with van der Waals surface area (Å²) in [6.45, 7) is 2.55. The van der Waals surface area contributed by atoms with Crippen molar-refractivity contribution in [2.75, 3.05) is 18.0 Å². The fourth-order valence-corrected chi connectivity index (χ4v) is 4.10. The van der Waals surface area contributed by atoms with E-state index in [0.717, 1.165) is 35.6 Å². The first kappa shape index (κ1) is 19.9. The molecule has 2 aromatic rings. The van der Waals surface area contributed by atoms with Crippen molar-refractivity contribution in [2.45, 2.75) is 38.1 Å². The molecule has 156 valence electrons. The number of carbonyl (C=O) groups is 3. The highest BCUT2D eigenvalue weighted by molar-refractivity contribution is 6.07. The number of amides is 4. The van der Waals surface area contributed by atoms with Crippen LogP contribution >= 0.6 is 0 Å². The molecule has 30 heavy (non-hydrogen) atoms. The van der Waals surface area contributed by atoms with Crippen LogP contribution in [-0.4, -0.2) is 41.5 Å². The number of fused-ring (bicyclic) bond motifs is 1. The first-order valence-corrected chi connectivity index (χ1v) is 10.3. The van der Waals surface area contributed by atoms with Crippen LogP contribution in [0.3, 0.4) is 0 Å². The van der Waals surface area contributed by atoms with Gasteiger partial charge in [0, 0.05) is 12.2 Å². The number of urea groups is 1. The van der Waals surface area contributed by atoms with Gasteiger partial charge in [-0.2, -0.15) is 5.01 Å². The Balaban J connectivity index is 1.38. The number of hydrogen-bond acceptors (Lipinski definition) is 4. The number of hydrazine groups is 1. The van der Waals surface area contributed by atoms with Crippen LogP contribution in [-0.2, 0) is 22.4 Å². The van der Waals surface area contributed by atoms with E-state index in [1.807, 2.05) is 53.4 Å². The van der Waals surface area contributed by atoms with Gasteiger partial charge in [-0.05, 0) is 49.8 Å². The minimum atomic E-state index is -1.04. The maximum atomic E-state index is 12.9. The van der Waals surface area contributed by atoms with E-state index in [-0.39, 0.29) is 12.5 Å². The number of rotatable bonds is 6. The second kappa shape index (κ2) is 8.18. The molecule has 2 aliphatic rings. The van der Waals surface area contributed by atoms with Gasteiger partial charge in [0.05, 0.1) is 6.54 Å². The lowest BCUT2D eigenvalue weighted by atomic mass is 9.93. The number of carbonyl (C=O) groups excluding carboxylic acids is 3. The lowest BCUT2D eigenvalue weighted by Gasteiger charge is -2.31. The highest BCUT2D eigenvalue weighted by atomic mass is 16.2. The summed E-state index contributed by atoms with van der Waals surface area (Å²) >= 11 is 0. The molecule has 0 saturated carbocycles. The van der Waals surface area contributed by atoms with E-state index in [1.165, 1.54) is 5.56 Å². The third-order valence-electron chi connectivity index (χ3n) is 5.79. The molecule has 2 heterocycles. The van der Waals surface area contributed by atoms with Crippen LogP contribution in [0.15, 0.2) is 54.6 Å². The average molecular weight is 406 g/mol. The largest absolute Gasteiger partial charge is 0.362 e. The summed E-state index contributed by atoms with van der Waals surface area (Å²) in [7, 11) is 0. The number of para-hydroxylation sites is 1. The van der Waals surface area contributed by atoms with E-state index >= 15 is 0 Å². The summed E-state index contributed by atoms with van der Waals surface area (Å²) in [5, 5.41) is 3.56. The quantitative estimate of drug-likeness (QED) is 0.722. The first-order chi connectivity index (χ1) is 14.5. The molecule has 0 aliphatic carbocycles. The Hall–Kier alpha value is -3.35. The van der Waals surface area contributed by atoms with Gasteiger partial charge in [-0.1, -0.05) is 48.5 Å². The zero-order valence-corrected chi connectivity index (χ0v) is 17.1. The van der Waals surface area contributed by atoms with Gasteiger partial charge in [0.15, 0.2) is 0 Å². The molecule has 2 aromatic carbocycles. The van der Waals surface area contributed by atoms with E-state index in [4.69, 9.17) is 0 Å². The lowest BCUT2D eigenvalue weighted by Crippen LogP contribution is -2.51. The van der Waals surface area contributed by atoms with Crippen LogP contribution in [0.2, 0.25) is 0 Å². The van der Waals surface area contributed by atoms with E-state index in [2.05, 4.69) is 16.8 Å². The van der Waals surface area contributed by atoms with E-state index in [9.17, 15) is 14.4 Å². The molecule has 0 spiro atoms. The summed E-state index contributed by atoms with van der Waals surface area (Å²) in [5.74, 6) is -0.821. The van der Waals surface area contributed by atoms with Gasteiger partial charge in [0.25, 0.3) is 11.8 Å². The monoisotopic (exact) mass is 406 g/mol. The van der Waals surface area contributed by atoms with E-state index in [0.29, 0.717) is 12.8 Å². The number of benzene rings is 2. The maximum absolute atomic E-state index is 12.9. The molecule has 7 nitrogen and oxygen atoms in total. The fourth-order valence-electron chi connectivity index (χ4n) is 4.10. The Bertz CT molecular complexity index is 962. The fraction of sp³-hybridized carbons (Fsp3) is 0.348. The average Bonchev–Trinajstić information content (AvgIpc) is 2.97. The molecule has 1 saturated heterocycles. The number of hydrogen-bond donors (Lipinski definition) is 2. The highest BCUT2D eigenvalue weighted by Crippen LogP contribution is 2.26. The summed E-state index contributed by atoms with van der Waals surface area (Å²) in [6, 6.07) is 17.2. The van der Waals surface area contributed by atoms with Crippen molar-refractivity contribution in [1.82, 2.24) is 15.8 Å². The summed E-state index contributed by atoms with van der Waals surface area (Å²) in [6.07, 6.45) is 3.05. The molecule has 4 rings (SSSR count). The molecule has 4 amide bonds. The molecule has 7 heteroatoms. The Labute approximate surface area is 176 Å². The third-order valence-corrected chi connectivity index (χ3v) is 5.79. The van der Waals surface area contributed by atoms with Gasteiger partial charge in [0.2, 0.25) is 0 Å². The molecule has 1 fully saturated rings. The number of nitrogens with zero attached hydrogens (tertiary/aromatic N) is 2. The lowest BCUT2D eigenvalue weighted by molar-refractivity contribution is -0.138. The number of anilines is 1. The second-order valence-electron chi connectivity index (χ2n) is 8.08. The maximum Gasteiger partial charge on any atom is 0.344 e. The Kier molecular flexibility index (Phi) is 5.44. The van der Waals surface area contributed by atoms with Gasteiger partial charge in [-0.3, -0.25) is 15.0 Å². The minimum Gasteiger partial charge on any atom is -0.362 e. The van der Waals surface area contributed by atoms with Crippen molar-refractivity contribution in [3.8, 4) is 0 Å². The van der Waals surface area contributed by atoms with E-state index < -0.39 is 17.5 Å². The van der Waals surface area contributed by atoms with Crippen LogP contribution in [0.1, 0.15) is 30.9 Å². The van der Waals surface area contributed by atoms with Crippen LogP contribution < -0.4 is 15.6 Å². The van der Waals surface area contributed by atoms with Crippen molar-refractivity contribution in [3.05, 3.63) is 65.7 Å². The van der Waals surface area contributed by atoms with Gasteiger partial charge < -0.3 is 10.2 Å². The van der Waals surface area contributed by atoms with Crippen molar-refractivity contribution < 1.29 is 14.4 Å².